The van der Waals surface area contributed by atoms with E-state index in [0.717, 1.165) is 38.5 Å². The predicted molar refractivity (Wildman–Crippen MR) is 83.5 cm³/mol. The van der Waals surface area contributed by atoms with Crippen LogP contribution in [0.3, 0.4) is 0 Å². The Labute approximate surface area is 124 Å². The second-order valence-corrected chi connectivity index (χ2v) is 7.95. The van der Waals surface area contributed by atoms with Gasteiger partial charge in [0.15, 0.2) is 0 Å². The van der Waals surface area contributed by atoms with Gasteiger partial charge in [-0.1, -0.05) is 18.1 Å². The van der Waals surface area contributed by atoms with E-state index in [0.29, 0.717) is 5.92 Å². The summed E-state index contributed by atoms with van der Waals surface area (Å²) >= 11 is 0. The van der Waals surface area contributed by atoms with Crippen LogP contribution in [-0.4, -0.2) is 21.9 Å². The average molecular weight is 280 g/mol. The molecule has 0 amide bonds. The molecular weight excluding hydrogens is 248 g/mol. The van der Waals surface area contributed by atoms with Crippen molar-refractivity contribution < 1.29 is 10.2 Å². The number of allylic oxidation sites excluding steroid dienone is 2. The third kappa shape index (κ3) is 3.28. The van der Waals surface area contributed by atoms with Crippen LogP contribution in [0.15, 0.2) is 11.1 Å². The second-order valence-electron chi connectivity index (χ2n) is 7.95. The van der Waals surface area contributed by atoms with Crippen LogP contribution in [-0.2, 0) is 0 Å². The summed E-state index contributed by atoms with van der Waals surface area (Å²) in [6.07, 6.45) is 8.66. The maximum Gasteiger partial charge on any atom is 0.0591 e. The molecule has 116 valence electrons. The van der Waals surface area contributed by atoms with Crippen molar-refractivity contribution in [1.29, 1.82) is 0 Å². The number of hydrogen-bond acceptors (Lipinski definition) is 2. The second kappa shape index (κ2) is 5.81. The van der Waals surface area contributed by atoms with Crippen molar-refractivity contribution in [1.82, 2.24) is 0 Å². The van der Waals surface area contributed by atoms with E-state index in [1.807, 2.05) is 13.8 Å². The first kappa shape index (κ1) is 16.0. The number of rotatable bonds is 4. The van der Waals surface area contributed by atoms with E-state index < -0.39 is 5.60 Å². The van der Waals surface area contributed by atoms with E-state index in [2.05, 4.69) is 13.8 Å². The van der Waals surface area contributed by atoms with E-state index in [1.54, 1.807) is 5.57 Å². The van der Waals surface area contributed by atoms with Gasteiger partial charge in [0.25, 0.3) is 0 Å². The lowest BCUT2D eigenvalue weighted by Crippen LogP contribution is -2.37. The molecule has 0 radical (unpaired) electrons. The van der Waals surface area contributed by atoms with Gasteiger partial charge < -0.3 is 10.2 Å². The van der Waals surface area contributed by atoms with Gasteiger partial charge >= 0.3 is 0 Å². The average Bonchev–Trinajstić information content (AvgIpc) is 2.66. The minimum absolute atomic E-state index is 0.0876. The Balaban J connectivity index is 2.05. The standard InChI is InChI=1S/C18H32O2/c1-13(7-5-11-17(2,3)20)14-9-10-15-16(19)8-6-12-18(14,15)4/h15-16,19-20H,5-12H2,1-4H3/b14-13-/t15-,16-,18+/m0/s1. The summed E-state index contributed by atoms with van der Waals surface area (Å²) in [6.45, 7) is 8.43. The minimum Gasteiger partial charge on any atom is -0.393 e. The van der Waals surface area contributed by atoms with Crippen LogP contribution in [0.25, 0.3) is 0 Å². The zero-order chi connectivity index (χ0) is 15.0. The Morgan fingerprint density at radius 2 is 2.05 bits per heavy atom. The molecule has 0 heterocycles. The molecule has 0 aliphatic heterocycles. The van der Waals surface area contributed by atoms with E-state index >= 15 is 0 Å². The topological polar surface area (TPSA) is 40.5 Å². The Hall–Kier alpha value is -0.340. The molecule has 0 aromatic heterocycles. The van der Waals surface area contributed by atoms with Gasteiger partial charge in [-0.05, 0) is 83.5 Å². The maximum absolute atomic E-state index is 10.3. The van der Waals surface area contributed by atoms with E-state index in [4.69, 9.17) is 0 Å². The number of hydrogen-bond donors (Lipinski definition) is 2. The SMILES string of the molecule is C/C(CCCC(C)(C)O)=C1\CC[C@H]2[C@@H](O)CCC[C@]12C. The molecule has 2 rings (SSSR count). The Morgan fingerprint density at radius 1 is 1.35 bits per heavy atom. The molecule has 2 saturated carbocycles. The van der Waals surface area contributed by atoms with Crippen molar-refractivity contribution in [2.24, 2.45) is 11.3 Å². The molecule has 0 aromatic carbocycles. The fourth-order valence-corrected chi connectivity index (χ4v) is 4.60. The quantitative estimate of drug-likeness (QED) is 0.757. The summed E-state index contributed by atoms with van der Waals surface area (Å²) in [7, 11) is 0. The lowest BCUT2D eigenvalue weighted by molar-refractivity contribution is 0.0145. The maximum atomic E-state index is 10.3. The molecule has 0 unspecified atom stereocenters. The molecular formula is C18H32O2. The van der Waals surface area contributed by atoms with Crippen LogP contribution < -0.4 is 0 Å². The van der Waals surface area contributed by atoms with Gasteiger partial charge in [-0.15, -0.1) is 0 Å². The summed E-state index contributed by atoms with van der Waals surface area (Å²) in [5.41, 5.74) is 2.84. The highest BCUT2D eigenvalue weighted by Crippen LogP contribution is 2.56. The van der Waals surface area contributed by atoms with E-state index in [1.165, 1.54) is 18.4 Å². The molecule has 3 atom stereocenters. The highest BCUT2D eigenvalue weighted by Gasteiger charge is 2.48. The summed E-state index contributed by atoms with van der Waals surface area (Å²) in [5.74, 6) is 0.482. The predicted octanol–water partition coefficient (Wildman–Crippen LogP) is 4.21. The van der Waals surface area contributed by atoms with Crippen LogP contribution in [0.5, 0.6) is 0 Å². The third-order valence-corrected chi connectivity index (χ3v) is 5.73. The fourth-order valence-electron chi connectivity index (χ4n) is 4.60. The molecule has 0 spiro atoms. The first-order chi connectivity index (χ1) is 9.24. The van der Waals surface area contributed by atoms with Gasteiger partial charge in [0.05, 0.1) is 11.7 Å². The van der Waals surface area contributed by atoms with Gasteiger partial charge in [0.1, 0.15) is 0 Å². The van der Waals surface area contributed by atoms with Crippen LogP contribution >= 0.6 is 0 Å². The summed E-state index contributed by atoms with van der Waals surface area (Å²) in [4.78, 5) is 0. The first-order valence-electron chi connectivity index (χ1n) is 8.33. The van der Waals surface area contributed by atoms with Crippen molar-refractivity contribution in [2.45, 2.75) is 90.8 Å². The lowest BCUT2D eigenvalue weighted by atomic mass is 9.65. The Morgan fingerprint density at radius 3 is 2.70 bits per heavy atom. The highest BCUT2D eigenvalue weighted by molar-refractivity contribution is 5.27. The highest BCUT2D eigenvalue weighted by atomic mass is 16.3. The van der Waals surface area contributed by atoms with Crippen molar-refractivity contribution in [2.75, 3.05) is 0 Å². The molecule has 2 aliphatic rings. The minimum atomic E-state index is -0.548. The molecule has 20 heavy (non-hydrogen) atoms. The zero-order valence-electron chi connectivity index (χ0n) is 13.7. The fraction of sp³-hybridized carbons (Fsp3) is 0.889. The Bertz CT molecular complexity index is 377. The van der Waals surface area contributed by atoms with E-state index in [-0.39, 0.29) is 11.5 Å². The Kier molecular flexibility index (Phi) is 4.66. The molecule has 2 aliphatic carbocycles. The summed E-state index contributed by atoms with van der Waals surface area (Å²) in [6, 6.07) is 0. The van der Waals surface area contributed by atoms with Gasteiger partial charge in [0, 0.05) is 0 Å². The van der Waals surface area contributed by atoms with Crippen LogP contribution in [0, 0.1) is 11.3 Å². The van der Waals surface area contributed by atoms with Gasteiger partial charge in [0.2, 0.25) is 0 Å². The van der Waals surface area contributed by atoms with Gasteiger partial charge in [-0.25, -0.2) is 0 Å². The van der Waals surface area contributed by atoms with Crippen LogP contribution in [0.4, 0.5) is 0 Å². The van der Waals surface area contributed by atoms with Gasteiger partial charge in [-0.2, -0.15) is 0 Å². The van der Waals surface area contributed by atoms with Crippen molar-refractivity contribution in [3.63, 3.8) is 0 Å². The van der Waals surface area contributed by atoms with Gasteiger partial charge in [-0.3, -0.25) is 0 Å². The zero-order valence-corrected chi connectivity index (χ0v) is 13.7. The first-order valence-corrected chi connectivity index (χ1v) is 8.33. The van der Waals surface area contributed by atoms with Crippen molar-refractivity contribution in [3.05, 3.63) is 11.1 Å². The summed E-state index contributed by atoms with van der Waals surface area (Å²) < 4.78 is 0. The van der Waals surface area contributed by atoms with Crippen LogP contribution in [0.1, 0.15) is 79.1 Å². The summed E-state index contributed by atoms with van der Waals surface area (Å²) in [5, 5.41) is 20.1. The largest absolute Gasteiger partial charge is 0.393 e. The number of aliphatic hydroxyl groups excluding tert-OH is 1. The van der Waals surface area contributed by atoms with Crippen molar-refractivity contribution >= 4 is 0 Å². The molecule has 2 fully saturated rings. The smallest absolute Gasteiger partial charge is 0.0591 e. The number of fused-ring (bicyclic) bond motifs is 1. The number of aliphatic hydroxyl groups is 2. The van der Waals surface area contributed by atoms with Crippen LogP contribution in [0.2, 0.25) is 0 Å². The van der Waals surface area contributed by atoms with Crippen molar-refractivity contribution in [3.8, 4) is 0 Å². The lowest BCUT2D eigenvalue weighted by Gasteiger charge is -2.41. The third-order valence-electron chi connectivity index (χ3n) is 5.73. The molecule has 0 aromatic rings. The molecule has 0 saturated heterocycles. The molecule has 2 nitrogen and oxygen atoms in total. The molecule has 0 bridgehead atoms. The molecule has 2 N–H and O–H groups in total. The monoisotopic (exact) mass is 280 g/mol. The molecule has 2 heteroatoms. The normalized spacial score (nSPS) is 36.9. The van der Waals surface area contributed by atoms with E-state index in [9.17, 15) is 10.2 Å².